The zero-order valence-electron chi connectivity index (χ0n) is 6.40. The minimum atomic E-state index is 0.0978. The topological polar surface area (TPSA) is 21.6 Å². The highest BCUT2D eigenvalue weighted by molar-refractivity contribution is 9.18. The molecule has 1 heterocycles. The molecular formula is C9H8BrNO. The normalized spacial score (nSPS) is 21.8. The third kappa shape index (κ3) is 1.50. The highest BCUT2D eigenvalue weighted by Gasteiger charge is 2.20. The Balaban J connectivity index is 2.14. The zero-order chi connectivity index (χ0) is 8.39. The van der Waals surface area contributed by atoms with E-state index in [1.54, 1.807) is 0 Å². The van der Waals surface area contributed by atoms with Gasteiger partial charge in [-0.3, -0.25) is 0 Å². The summed E-state index contributed by atoms with van der Waals surface area (Å²) in [5.41, 5.74) is 1.18. The Morgan fingerprint density at radius 3 is 2.67 bits per heavy atom. The van der Waals surface area contributed by atoms with Gasteiger partial charge < -0.3 is 4.84 Å². The molecular weight excluding hydrogens is 218 g/mol. The first-order valence-corrected chi connectivity index (χ1v) is 4.59. The summed E-state index contributed by atoms with van der Waals surface area (Å²) in [6.07, 6.45) is 0.935. The van der Waals surface area contributed by atoms with Crippen molar-refractivity contribution >= 4 is 20.6 Å². The molecule has 0 N–H and O–H groups in total. The molecule has 0 bridgehead atoms. The minimum absolute atomic E-state index is 0.0978. The van der Waals surface area contributed by atoms with Gasteiger partial charge in [0.05, 0.1) is 0 Å². The van der Waals surface area contributed by atoms with Crippen LogP contribution in [0.15, 0.2) is 35.5 Å². The van der Waals surface area contributed by atoms with Crippen LogP contribution in [0.1, 0.15) is 18.1 Å². The molecule has 0 amide bonds. The molecule has 62 valence electrons. The lowest BCUT2D eigenvalue weighted by Gasteiger charge is -2.06. The number of nitrogens with zero attached hydrogens (tertiary/aromatic N) is 1. The summed E-state index contributed by atoms with van der Waals surface area (Å²) in [7, 11) is 0. The van der Waals surface area contributed by atoms with E-state index in [1.807, 2.05) is 30.3 Å². The van der Waals surface area contributed by atoms with Gasteiger partial charge in [0.15, 0.2) is 6.10 Å². The summed E-state index contributed by atoms with van der Waals surface area (Å²) in [6, 6.07) is 10.1. The predicted octanol–water partition coefficient (Wildman–Crippen LogP) is 2.86. The second-order valence-electron chi connectivity index (χ2n) is 2.68. The lowest BCUT2D eigenvalue weighted by molar-refractivity contribution is 0.0858. The summed E-state index contributed by atoms with van der Waals surface area (Å²) < 4.78 is 0.886. The number of hydrogen-bond acceptors (Lipinski definition) is 2. The van der Waals surface area contributed by atoms with Crippen molar-refractivity contribution in [3.8, 4) is 0 Å². The van der Waals surface area contributed by atoms with E-state index >= 15 is 0 Å². The first-order valence-electron chi connectivity index (χ1n) is 3.79. The van der Waals surface area contributed by atoms with E-state index in [4.69, 9.17) is 4.84 Å². The van der Waals surface area contributed by atoms with Crippen LogP contribution in [0.3, 0.4) is 0 Å². The van der Waals surface area contributed by atoms with Crippen LogP contribution < -0.4 is 0 Å². The summed E-state index contributed by atoms with van der Waals surface area (Å²) in [6.45, 7) is 0. The predicted molar refractivity (Wildman–Crippen MR) is 51.2 cm³/mol. The fraction of sp³-hybridized carbons (Fsp3) is 0.222. The maximum Gasteiger partial charge on any atom is 0.158 e. The van der Waals surface area contributed by atoms with Crippen molar-refractivity contribution in [3.05, 3.63) is 35.9 Å². The number of rotatable bonds is 1. The van der Waals surface area contributed by atoms with Crippen molar-refractivity contribution in [2.45, 2.75) is 12.5 Å². The van der Waals surface area contributed by atoms with Crippen molar-refractivity contribution < 1.29 is 4.84 Å². The molecule has 0 aromatic heterocycles. The van der Waals surface area contributed by atoms with Crippen LogP contribution in [0.2, 0.25) is 0 Å². The second-order valence-corrected chi connectivity index (χ2v) is 3.59. The van der Waals surface area contributed by atoms with Crippen LogP contribution in [-0.2, 0) is 4.84 Å². The van der Waals surface area contributed by atoms with E-state index in [1.165, 1.54) is 5.56 Å². The smallest absolute Gasteiger partial charge is 0.158 e. The number of oxime groups is 1. The molecule has 0 fully saturated rings. The third-order valence-electron chi connectivity index (χ3n) is 1.80. The average Bonchev–Trinajstić information content (AvgIpc) is 2.54. The molecule has 0 aliphatic carbocycles. The molecule has 1 aliphatic rings. The van der Waals surface area contributed by atoms with Crippen LogP contribution in [0.4, 0.5) is 0 Å². The lowest BCUT2D eigenvalue weighted by Crippen LogP contribution is -1.95. The fourth-order valence-electron chi connectivity index (χ4n) is 1.19. The molecule has 1 aromatic carbocycles. The van der Waals surface area contributed by atoms with Gasteiger partial charge in [-0.15, -0.1) is 0 Å². The van der Waals surface area contributed by atoms with E-state index in [0.717, 1.165) is 11.0 Å². The fourth-order valence-corrected chi connectivity index (χ4v) is 1.57. The Kier molecular flexibility index (Phi) is 2.13. The van der Waals surface area contributed by atoms with Gasteiger partial charge in [-0.2, -0.15) is 0 Å². The lowest BCUT2D eigenvalue weighted by atomic mass is 10.1. The number of hydrogen-bond donors (Lipinski definition) is 0. The van der Waals surface area contributed by atoms with Crippen LogP contribution >= 0.6 is 15.9 Å². The van der Waals surface area contributed by atoms with Crippen molar-refractivity contribution in [1.82, 2.24) is 0 Å². The zero-order valence-corrected chi connectivity index (χ0v) is 7.99. The molecule has 2 rings (SSSR count). The molecule has 0 radical (unpaired) electrons. The average molecular weight is 226 g/mol. The van der Waals surface area contributed by atoms with Crippen LogP contribution in [0.5, 0.6) is 0 Å². The quantitative estimate of drug-likeness (QED) is 0.721. The van der Waals surface area contributed by atoms with Gasteiger partial charge in [0.25, 0.3) is 0 Å². The standard InChI is InChI=1S/C9H8BrNO/c10-9-6-8(12-11-9)7-4-2-1-3-5-7/h1-5,8H,6H2/t8-/m1/s1. The Morgan fingerprint density at radius 1 is 1.33 bits per heavy atom. The third-order valence-corrected chi connectivity index (χ3v) is 2.27. The Morgan fingerprint density at radius 2 is 2.08 bits per heavy atom. The summed E-state index contributed by atoms with van der Waals surface area (Å²) in [5, 5.41) is 3.83. The molecule has 12 heavy (non-hydrogen) atoms. The maximum atomic E-state index is 5.19. The first kappa shape index (κ1) is 7.80. The molecule has 0 spiro atoms. The van der Waals surface area contributed by atoms with E-state index in [0.29, 0.717) is 0 Å². The van der Waals surface area contributed by atoms with Gasteiger partial charge >= 0.3 is 0 Å². The van der Waals surface area contributed by atoms with Gasteiger partial charge in [0.2, 0.25) is 0 Å². The highest BCUT2D eigenvalue weighted by atomic mass is 79.9. The maximum absolute atomic E-state index is 5.19. The van der Waals surface area contributed by atoms with E-state index < -0.39 is 0 Å². The Hall–Kier alpha value is -0.830. The molecule has 1 atom stereocenters. The molecule has 3 heteroatoms. The van der Waals surface area contributed by atoms with Crippen molar-refractivity contribution in [3.63, 3.8) is 0 Å². The summed E-state index contributed by atoms with van der Waals surface area (Å²) in [5.74, 6) is 0. The summed E-state index contributed by atoms with van der Waals surface area (Å²) in [4.78, 5) is 5.19. The monoisotopic (exact) mass is 225 g/mol. The number of halogens is 1. The van der Waals surface area contributed by atoms with E-state index in [-0.39, 0.29) is 6.10 Å². The highest BCUT2D eigenvalue weighted by Crippen LogP contribution is 2.28. The molecule has 0 unspecified atom stereocenters. The molecule has 2 nitrogen and oxygen atoms in total. The van der Waals surface area contributed by atoms with Crippen LogP contribution in [-0.4, -0.2) is 4.62 Å². The van der Waals surface area contributed by atoms with E-state index in [9.17, 15) is 0 Å². The Bertz CT molecular complexity index is 297. The molecule has 0 saturated heterocycles. The van der Waals surface area contributed by atoms with Gasteiger partial charge in [0.1, 0.15) is 4.62 Å². The van der Waals surface area contributed by atoms with Gasteiger partial charge in [-0.1, -0.05) is 35.5 Å². The van der Waals surface area contributed by atoms with Crippen LogP contribution in [0, 0.1) is 0 Å². The SMILES string of the molecule is BrC1=NO[C@@H](c2ccccc2)C1. The molecule has 1 aliphatic heterocycles. The minimum Gasteiger partial charge on any atom is -0.386 e. The van der Waals surface area contributed by atoms with E-state index in [2.05, 4.69) is 21.1 Å². The van der Waals surface area contributed by atoms with Gasteiger partial charge in [-0.05, 0) is 21.5 Å². The summed E-state index contributed by atoms with van der Waals surface area (Å²) >= 11 is 3.30. The first-order chi connectivity index (χ1) is 5.86. The van der Waals surface area contributed by atoms with Crippen LogP contribution in [0.25, 0.3) is 0 Å². The van der Waals surface area contributed by atoms with Gasteiger partial charge in [-0.25, -0.2) is 0 Å². The van der Waals surface area contributed by atoms with Crippen molar-refractivity contribution in [2.75, 3.05) is 0 Å². The molecule has 0 saturated carbocycles. The largest absolute Gasteiger partial charge is 0.386 e. The van der Waals surface area contributed by atoms with Crippen molar-refractivity contribution in [1.29, 1.82) is 0 Å². The molecule has 1 aromatic rings. The Labute approximate surface area is 79.4 Å². The second kappa shape index (κ2) is 3.27. The number of benzene rings is 1. The van der Waals surface area contributed by atoms with Crippen molar-refractivity contribution in [2.24, 2.45) is 5.16 Å². The van der Waals surface area contributed by atoms with Gasteiger partial charge in [0, 0.05) is 6.42 Å².